The van der Waals surface area contributed by atoms with Crippen molar-refractivity contribution in [2.45, 2.75) is 30.7 Å². The maximum atomic E-state index is 12.4. The van der Waals surface area contributed by atoms with E-state index in [0.29, 0.717) is 12.0 Å². The van der Waals surface area contributed by atoms with Gasteiger partial charge in [-0.3, -0.25) is 4.79 Å². The molecule has 0 saturated heterocycles. The van der Waals surface area contributed by atoms with Gasteiger partial charge in [-0.15, -0.1) is 0 Å². The number of carbonyl (C=O) groups is 1. The number of sulfonamides is 1. The maximum absolute atomic E-state index is 12.4. The van der Waals surface area contributed by atoms with Crippen LogP contribution in [0.2, 0.25) is 0 Å². The Morgan fingerprint density at radius 2 is 1.70 bits per heavy atom. The first-order chi connectivity index (χ1) is 10.9. The molecule has 1 unspecified atom stereocenters. The van der Waals surface area contributed by atoms with Gasteiger partial charge in [0.15, 0.2) is 0 Å². The highest BCUT2D eigenvalue weighted by atomic mass is 32.2. The first kappa shape index (κ1) is 17.2. The SMILES string of the molecule is CCC(NS(=O)(=O)c1ccccc1)c1ccc(CC(=O)O)cc1. The highest BCUT2D eigenvalue weighted by Crippen LogP contribution is 2.21. The molecule has 0 amide bonds. The molecule has 0 radical (unpaired) electrons. The smallest absolute Gasteiger partial charge is 0.307 e. The van der Waals surface area contributed by atoms with Crippen LogP contribution in [-0.2, 0) is 21.2 Å². The van der Waals surface area contributed by atoms with E-state index < -0.39 is 16.0 Å². The molecule has 0 aliphatic rings. The van der Waals surface area contributed by atoms with Crippen molar-refractivity contribution in [3.8, 4) is 0 Å². The van der Waals surface area contributed by atoms with E-state index in [9.17, 15) is 13.2 Å². The van der Waals surface area contributed by atoms with Crippen LogP contribution >= 0.6 is 0 Å². The van der Waals surface area contributed by atoms with Gasteiger partial charge in [0.2, 0.25) is 10.0 Å². The molecule has 2 aromatic rings. The van der Waals surface area contributed by atoms with Gasteiger partial charge in [0, 0.05) is 6.04 Å². The zero-order valence-corrected chi connectivity index (χ0v) is 13.6. The minimum Gasteiger partial charge on any atom is -0.481 e. The fourth-order valence-corrected chi connectivity index (χ4v) is 3.61. The molecular formula is C17H19NO4S. The topological polar surface area (TPSA) is 83.5 Å². The van der Waals surface area contributed by atoms with Crippen LogP contribution in [0, 0.1) is 0 Å². The molecule has 0 fully saturated rings. The summed E-state index contributed by atoms with van der Waals surface area (Å²) in [6, 6.07) is 14.8. The third-order valence-electron chi connectivity index (χ3n) is 3.50. The molecule has 0 bridgehead atoms. The lowest BCUT2D eigenvalue weighted by atomic mass is 10.0. The van der Waals surface area contributed by atoms with Crippen molar-refractivity contribution in [1.29, 1.82) is 0 Å². The second kappa shape index (κ2) is 7.39. The fourth-order valence-electron chi connectivity index (χ4n) is 2.28. The average molecular weight is 333 g/mol. The van der Waals surface area contributed by atoms with Crippen LogP contribution in [0.4, 0.5) is 0 Å². The molecule has 0 spiro atoms. The van der Waals surface area contributed by atoms with E-state index in [-0.39, 0.29) is 17.4 Å². The molecule has 122 valence electrons. The molecule has 5 nitrogen and oxygen atoms in total. The zero-order chi connectivity index (χ0) is 16.9. The lowest BCUT2D eigenvalue weighted by molar-refractivity contribution is -0.136. The van der Waals surface area contributed by atoms with Crippen LogP contribution in [0.1, 0.15) is 30.5 Å². The summed E-state index contributed by atoms with van der Waals surface area (Å²) < 4.78 is 27.5. The number of benzene rings is 2. The molecular weight excluding hydrogens is 314 g/mol. The summed E-state index contributed by atoms with van der Waals surface area (Å²) in [5.41, 5.74) is 1.49. The van der Waals surface area contributed by atoms with E-state index in [1.165, 1.54) is 0 Å². The minimum absolute atomic E-state index is 0.0488. The van der Waals surface area contributed by atoms with Gasteiger partial charge in [-0.2, -0.15) is 0 Å². The first-order valence-electron chi connectivity index (χ1n) is 7.30. The minimum atomic E-state index is -3.59. The number of carboxylic acid groups (broad SMARTS) is 1. The number of carboxylic acids is 1. The number of aliphatic carboxylic acids is 1. The predicted octanol–water partition coefficient (Wildman–Crippen LogP) is 2.74. The molecule has 0 heterocycles. The third kappa shape index (κ3) is 4.64. The second-order valence-corrected chi connectivity index (χ2v) is 6.92. The fraction of sp³-hybridized carbons (Fsp3) is 0.235. The van der Waals surface area contributed by atoms with Crippen molar-refractivity contribution in [2.24, 2.45) is 0 Å². The summed E-state index contributed by atoms with van der Waals surface area (Å²) in [5.74, 6) is -0.894. The Bertz CT molecular complexity index is 755. The van der Waals surface area contributed by atoms with Crippen LogP contribution in [0.25, 0.3) is 0 Å². The Morgan fingerprint density at radius 3 is 2.22 bits per heavy atom. The van der Waals surface area contributed by atoms with Gasteiger partial charge in [-0.1, -0.05) is 49.4 Å². The summed E-state index contributed by atoms with van der Waals surface area (Å²) in [5, 5.41) is 8.78. The second-order valence-electron chi connectivity index (χ2n) is 5.21. The van der Waals surface area contributed by atoms with Gasteiger partial charge in [-0.25, -0.2) is 13.1 Å². The van der Waals surface area contributed by atoms with Crippen LogP contribution in [-0.4, -0.2) is 19.5 Å². The van der Waals surface area contributed by atoms with E-state index in [4.69, 9.17) is 5.11 Å². The molecule has 0 saturated carbocycles. The Morgan fingerprint density at radius 1 is 1.09 bits per heavy atom. The quantitative estimate of drug-likeness (QED) is 0.816. The molecule has 6 heteroatoms. The van der Waals surface area contributed by atoms with E-state index in [1.54, 1.807) is 54.6 Å². The summed E-state index contributed by atoms with van der Waals surface area (Å²) in [6.07, 6.45) is 0.539. The van der Waals surface area contributed by atoms with E-state index in [1.807, 2.05) is 6.92 Å². The lowest BCUT2D eigenvalue weighted by Gasteiger charge is -2.18. The molecule has 2 rings (SSSR count). The van der Waals surface area contributed by atoms with Gasteiger partial charge >= 0.3 is 5.97 Å². The lowest BCUT2D eigenvalue weighted by Crippen LogP contribution is -2.28. The van der Waals surface area contributed by atoms with Crippen LogP contribution in [0.3, 0.4) is 0 Å². The van der Waals surface area contributed by atoms with Gasteiger partial charge in [0.25, 0.3) is 0 Å². The summed E-state index contributed by atoms with van der Waals surface area (Å²) >= 11 is 0. The summed E-state index contributed by atoms with van der Waals surface area (Å²) in [7, 11) is -3.59. The average Bonchev–Trinajstić information content (AvgIpc) is 2.54. The monoisotopic (exact) mass is 333 g/mol. The Hall–Kier alpha value is -2.18. The van der Waals surface area contributed by atoms with Gasteiger partial charge in [0.1, 0.15) is 0 Å². The normalized spacial score (nSPS) is 12.7. The number of nitrogens with one attached hydrogen (secondary N) is 1. The van der Waals surface area contributed by atoms with Crippen LogP contribution in [0.5, 0.6) is 0 Å². The highest BCUT2D eigenvalue weighted by Gasteiger charge is 2.20. The first-order valence-corrected chi connectivity index (χ1v) is 8.78. The highest BCUT2D eigenvalue weighted by molar-refractivity contribution is 7.89. The Kier molecular flexibility index (Phi) is 5.52. The van der Waals surface area contributed by atoms with Crippen molar-refractivity contribution in [1.82, 2.24) is 4.72 Å². The van der Waals surface area contributed by atoms with Crippen LogP contribution in [0.15, 0.2) is 59.5 Å². The van der Waals surface area contributed by atoms with E-state index in [2.05, 4.69) is 4.72 Å². The molecule has 2 aromatic carbocycles. The zero-order valence-electron chi connectivity index (χ0n) is 12.8. The molecule has 0 aliphatic carbocycles. The largest absolute Gasteiger partial charge is 0.481 e. The molecule has 1 atom stereocenters. The van der Waals surface area contributed by atoms with Crippen molar-refractivity contribution < 1.29 is 18.3 Å². The van der Waals surface area contributed by atoms with Gasteiger partial charge < -0.3 is 5.11 Å². The van der Waals surface area contributed by atoms with Crippen molar-refractivity contribution >= 4 is 16.0 Å². The maximum Gasteiger partial charge on any atom is 0.307 e. The predicted molar refractivity (Wildman–Crippen MR) is 87.6 cm³/mol. The number of rotatable bonds is 7. The van der Waals surface area contributed by atoms with Crippen molar-refractivity contribution in [3.63, 3.8) is 0 Å². The van der Waals surface area contributed by atoms with Crippen molar-refractivity contribution in [2.75, 3.05) is 0 Å². The molecule has 23 heavy (non-hydrogen) atoms. The number of hydrogen-bond donors (Lipinski definition) is 2. The number of hydrogen-bond acceptors (Lipinski definition) is 3. The van der Waals surface area contributed by atoms with Gasteiger partial charge in [0.05, 0.1) is 11.3 Å². The standard InChI is InChI=1S/C17H19NO4S/c1-2-16(14-10-8-13(9-11-14)12-17(19)20)18-23(21,22)15-6-4-3-5-7-15/h3-11,16,18H,2,12H2,1H3,(H,19,20). The van der Waals surface area contributed by atoms with E-state index in [0.717, 1.165) is 5.56 Å². The third-order valence-corrected chi connectivity index (χ3v) is 4.98. The van der Waals surface area contributed by atoms with E-state index >= 15 is 0 Å². The Balaban J connectivity index is 2.18. The molecule has 0 aromatic heterocycles. The van der Waals surface area contributed by atoms with Crippen LogP contribution < -0.4 is 4.72 Å². The summed E-state index contributed by atoms with van der Waals surface area (Å²) in [6.45, 7) is 1.89. The molecule has 2 N–H and O–H groups in total. The van der Waals surface area contributed by atoms with Gasteiger partial charge in [-0.05, 0) is 29.7 Å². The summed E-state index contributed by atoms with van der Waals surface area (Å²) in [4.78, 5) is 10.9. The Labute approximate surface area is 136 Å². The van der Waals surface area contributed by atoms with Crippen molar-refractivity contribution in [3.05, 3.63) is 65.7 Å². The molecule has 0 aliphatic heterocycles.